The molecule has 1 N–H and O–H groups in total. The molecule has 0 aromatic heterocycles. The van der Waals surface area contributed by atoms with E-state index in [1.807, 2.05) is 38.1 Å². The van der Waals surface area contributed by atoms with Crippen LogP contribution in [0.15, 0.2) is 24.3 Å². The second kappa shape index (κ2) is 8.85. The molecule has 0 radical (unpaired) electrons. The topological polar surface area (TPSA) is 67.9 Å². The Hall–Kier alpha value is -2.08. The molecule has 1 saturated heterocycles. The van der Waals surface area contributed by atoms with Crippen LogP contribution in [0, 0.1) is 5.92 Å². The first-order valence-corrected chi connectivity index (χ1v) is 8.70. The third-order valence-electron chi connectivity index (χ3n) is 4.39. The van der Waals surface area contributed by atoms with Crippen molar-refractivity contribution in [2.45, 2.75) is 45.9 Å². The third kappa shape index (κ3) is 5.46. The van der Waals surface area contributed by atoms with E-state index in [4.69, 9.17) is 9.47 Å². The van der Waals surface area contributed by atoms with Gasteiger partial charge in [-0.3, -0.25) is 9.59 Å². The van der Waals surface area contributed by atoms with Gasteiger partial charge in [-0.25, -0.2) is 0 Å². The minimum atomic E-state index is -0.0915. The molecule has 25 heavy (non-hydrogen) atoms. The maximum absolute atomic E-state index is 12.3. The van der Waals surface area contributed by atoms with Gasteiger partial charge in [-0.05, 0) is 19.9 Å². The molecule has 1 aromatic rings. The van der Waals surface area contributed by atoms with Gasteiger partial charge in [-0.15, -0.1) is 0 Å². The van der Waals surface area contributed by atoms with Gasteiger partial charge in [0.2, 0.25) is 11.8 Å². The van der Waals surface area contributed by atoms with Crippen molar-refractivity contribution >= 4 is 11.8 Å². The molecule has 138 valence electrons. The van der Waals surface area contributed by atoms with Crippen molar-refractivity contribution in [1.29, 1.82) is 0 Å². The van der Waals surface area contributed by atoms with E-state index in [1.54, 1.807) is 18.9 Å². The summed E-state index contributed by atoms with van der Waals surface area (Å²) in [5.41, 5.74) is 0.949. The largest absolute Gasteiger partial charge is 0.491 e. The number of likely N-dealkylation sites (tertiary alicyclic amines) is 1. The number of hydrogen-bond acceptors (Lipinski definition) is 4. The molecule has 0 spiro atoms. The highest BCUT2D eigenvalue weighted by molar-refractivity contribution is 5.77. The fourth-order valence-corrected chi connectivity index (χ4v) is 3.08. The number of hydrogen-bond donors (Lipinski definition) is 1. The first-order chi connectivity index (χ1) is 11.9. The summed E-state index contributed by atoms with van der Waals surface area (Å²) in [6.07, 6.45) is 0.330. The van der Waals surface area contributed by atoms with Crippen LogP contribution in [0.4, 0.5) is 0 Å². The van der Waals surface area contributed by atoms with Gasteiger partial charge < -0.3 is 19.7 Å². The highest BCUT2D eigenvalue weighted by atomic mass is 16.5. The number of benzene rings is 1. The fourth-order valence-electron chi connectivity index (χ4n) is 3.08. The Bertz CT molecular complexity index is 603. The van der Waals surface area contributed by atoms with Crippen molar-refractivity contribution in [3.8, 4) is 5.75 Å². The minimum absolute atomic E-state index is 0.0183. The highest BCUT2D eigenvalue weighted by Gasteiger charge is 2.35. The summed E-state index contributed by atoms with van der Waals surface area (Å²) in [6, 6.07) is 7.70. The number of ether oxygens (including phenoxy) is 2. The van der Waals surface area contributed by atoms with Gasteiger partial charge in [0.15, 0.2) is 0 Å². The molecule has 6 nitrogen and oxygen atoms in total. The first-order valence-electron chi connectivity index (χ1n) is 8.70. The number of nitrogens with zero attached hydrogens (tertiary/aromatic N) is 1. The zero-order valence-corrected chi connectivity index (χ0v) is 15.5. The van der Waals surface area contributed by atoms with E-state index in [0.29, 0.717) is 26.1 Å². The molecule has 2 amide bonds. The van der Waals surface area contributed by atoms with Gasteiger partial charge in [0, 0.05) is 51.6 Å². The second-order valence-corrected chi connectivity index (χ2v) is 6.71. The first kappa shape index (κ1) is 19.2. The lowest BCUT2D eigenvalue weighted by Crippen LogP contribution is -2.30. The Morgan fingerprint density at radius 2 is 2.00 bits per heavy atom. The van der Waals surface area contributed by atoms with Gasteiger partial charge in [0.25, 0.3) is 0 Å². The maximum Gasteiger partial charge on any atom is 0.220 e. The number of para-hydroxylation sites is 1. The lowest BCUT2D eigenvalue weighted by Gasteiger charge is -2.17. The number of rotatable bonds is 7. The Morgan fingerprint density at radius 1 is 1.28 bits per heavy atom. The van der Waals surface area contributed by atoms with Crippen molar-refractivity contribution in [2.75, 3.05) is 20.2 Å². The molecule has 0 unspecified atom stereocenters. The van der Waals surface area contributed by atoms with Crippen molar-refractivity contribution in [2.24, 2.45) is 5.92 Å². The van der Waals surface area contributed by atoms with Crippen LogP contribution in [0.2, 0.25) is 0 Å². The molecule has 1 aromatic carbocycles. The third-order valence-corrected chi connectivity index (χ3v) is 4.39. The molecule has 1 aliphatic heterocycles. The van der Waals surface area contributed by atoms with Gasteiger partial charge in [-0.2, -0.15) is 0 Å². The molecule has 6 heteroatoms. The van der Waals surface area contributed by atoms with Gasteiger partial charge >= 0.3 is 0 Å². The predicted octanol–water partition coefficient (Wildman–Crippen LogP) is 1.97. The Morgan fingerprint density at radius 3 is 2.64 bits per heavy atom. The average molecular weight is 348 g/mol. The minimum Gasteiger partial charge on any atom is -0.491 e. The van der Waals surface area contributed by atoms with Crippen LogP contribution in [-0.2, 0) is 20.9 Å². The molecular formula is C19H28N2O4. The lowest BCUT2D eigenvalue weighted by atomic mass is 10.0. The summed E-state index contributed by atoms with van der Waals surface area (Å²) < 4.78 is 11.2. The van der Waals surface area contributed by atoms with E-state index >= 15 is 0 Å². The van der Waals surface area contributed by atoms with Gasteiger partial charge in [0.05, 0.1) is 12.2 Å². The van der Waals surface area contributed by atoms with Crippen molar-refractivity contribution in [3.63, 3.8) is 0 Å². The average Bonchev–Trinajstić information content (AvgIpc) is 2.96. The monoisotopic (exact) mass is 348 g/mol. The van der Waals surface area contributed by atoms with E-state index in [0.717, 1.165) is 11.3 Å². The summed E-state index contributed by atoms with van der Waals surface area (Å²) in [4.78, 5) is 25.6. The van der Waals surface area contributed by atoms with E-state index < -0.39 is 0 Å². The second-order valence-electron chi connectivity index (χ2n) is 6.71. The fraction of sp³-hybridized carbons (Fsp3) is 0.579. The highest BCUT2D eigenvalue weighted by Crippen LogP contribution is 2.23. The van der Waals surface area contributed by atoms with E-state index in [9.17, 15) is 9.59 Å². The predicted molar refractivity (Wildman–Crippen MR) is 95.2 cm³/mol. The van der Waals surface area contributed by atoms with Gasteiger partial charge in [0.1, 0.15) is 5.75 Å². The molecule has 2 atom stereocenters. The van der Waals surface area contributed by atoms with Crippen LogP contribution in [0.1, 0.15) is 32.8 Å². The molecule has 1 fully saturated rings. The molecule has 0 saturated carbocycles. The molecule has 2 rings (SSSR count). The van der Waals surface area contributed by atoms with E-state index in [2.05, 4.69) is 5.32 Å². The zero-order chi connectivity index (χ0) is 18.4. The molecule has 1 aliphatic rings. The van der Waals surface area contributed by atoms with Crippen molar-refractivity contribution < 1.29 is 19.1 Å². The van der Waals surface area contributed by atoms with E-state index in [-0.39, 0.29) is 29.9 Å². The molecular weight excluding hydrogens is 320 g/mol. The lowest BCUT2D eigenvalue weighted by molar-refractivity contribution is -0.128. The quantitative estimate of drug-likeness (QED) is 0.818. The van der Waals surface area contributed by atoms with E-state index in [1.165, 1.54) is 0 Å². The Balaban J connectivity index is 1.90. The number of amides is 2. The number of carbonyl (C=O) groups is 2. The number of methoxy groups -OCH3 is 1. The summed E-state index contributed by atoms with van der Waals surface area (Å²) in [7, 11) is 1.62. The zero-order valence-electron chi connectivity index (χ0n) is 15.5. The molecule has 0 aliphatic carbocycles. The number of carbonyl (C=O) groups excluding carboxylic acids is 2. The standard InChI is InChI=1S/C19H28N2O4/c1-13(2)25-17-8-6-5-7-15(17)10-20-19(23)9-16-11-21(14(3)22)12-18(16)24-4/h5-8,13,16,18H,9-12H2,1-4H3,(H,20,23)/t16-,18-/m0/s1. The van der Waals surface area contributed by atoms with Crippen LogP contribution >= 0.6 is 0 Å². The molecule has 0 bridgehead atoms. The molecule has 1 heterocycles. The van der Waals surface area contributed by atoms with Crippen LogP contribution in [0.3, 0.4) is 0 Å². The maximum atomic E-state index is 12.3. The Labute approximate surface area is 149 Å². The SMILES string of the molecule is CO[C@H]1CN(C(C)=O)C[C@@H]1CC(=O)NCc1ccccc1OC(C)C. The smallest absolute Gasteiger partial charge is 0.220 e. The number of nitrogens with one attached hydrogen (secondary N) is 1. The van der Waals surface area contributed by atoms with Crippen molar-refractivity contribution in [3.05, 3.63) is 29.8 Å². The van der Waals surface area contributed by atoms with Gasteiger partial charge in [-0.1, -0.05) is 18.2 Å². The summed E-state index contributed by atoms with van der Waals surface area (Å²) in [5.74, 6) is 0.786. The van der Waals surface area contributed by atoms with Crippen LogP contribution in [0.5, 0.6) is 5.75 Å². The van der Waals surface area contributed by atoms with Crippen LogP contribution in [0.25, 0.3) is 0 Å². The summed E-state index contributed by atoms with van der Waals surface area (Å²) >= 11 is 0. The summed E-state index contributed by atoms with van der Waals surface area (Å²) in [6.45, 7) is 7.02. The van der Waals surface area contributed by atoms with Crippen molar-refractivity contribution in [1.82, 2.24) is 10.2 Å². The van der Waals surface area contributed by atoms with Crippen LogP contribution in [-0.4, -0.2) is 49.1 Å². The van der Waals surface area contributed by atoms with Crippen LogP contribution < -0.4 is 10.1 Å². The normalized spacial score (nSPS) is 20.0. The summed E-state index contributed by atoms with van der Waals surface area (Å²) in [5, 5.41) is 2.95. The Kier molecular flexibility index (Phi) is 6.82.